The number of rotatable bonds is 7. The van der Waals surface area contributed by atoms with Crippen LogP contribution in [0.15, 0.2) is 36.9 Å². The summed E-state index contributed by atoms with van der Waals surface area (Å²) in [6.07, 6.45) is 8.35. The van der Waals surface area contributed by atoms with E-state index in [9.17, 15) is 0 Å². The summed E-state index contributed by atoms with van der Waals surface area (Å²) in [6, 6.07) is 4.06. The van der Waals surface area contributed by atoms with Gasteiger partial charge in [-0.3, -0.25) is 14.9 Å². The number of anilines is 1. The van der Waals surface area contributed by atoms with Crippen LogP contribution in [0.2, 0.25) is 0 Å². The summed E-state index contributed by atoms with van der Waals surface area (Å²) >= 11 is 0. The zero-order chi connectivity index (χ0) is 14.2. The van der Waals surface area contributed by atoms with Crippen molar-refractivity contribution in [3.8, 4) is 0 Å². The Bertz CT molecular complexity index is 497. The van der Waals surface area contributed by atoms with Gasteiger partial charge in [0.2, 0.25) is 0 Å². The Morgan fingerprint density at radius 3 is 2.55 bits per heavy atom. The minimum atomic E-state index is 0.781. The van der Waals surface area contributed by atoms with Crippen molar-refractivity contribution in [1.82, 2.24) is 19.9 Å². The van der Waals surface area contributed by atoms with E-state index in [0.29, 0.717) is 0 Å². The second-order valence-corrected chi connectivity index (χ2v) is 4.85. The number of nitrogens with one attached hydrogen (secondary N) is 1. The molecule has 0 spiro atoms. The molecule has 0 unspecified atom stereocenters. The van der Waals surface area contributed by atoms with Crippen LogP contribution in [0.5, 0.6) is 0 Å². The Morgan fingerprint density at radius 2 is 1.90 bits per heavy atom. The monoisotopic (exact) mass is 271 g/mol. The van der Waals surface area contributed by atoms with E-state index >= 15 is 0 Å². The molecule has 0 saturated carbocycles. The fourth-order valence-corrected chi connectivity index (χ4v) is 1.91. The lowest BCUT2D eigenvalue weighted by atomic mass is 10.2. The van der Waals surface area contributed by atoms with Crippen molar-refractivity contribution in [3.63, 3.8) is 0 Å². The van der Waals surface area contributed by atoms with E-state index in [4.69, 9.17) is 0 Å². The molecule has 0 saturated heterocycles. The molecule has 0 aromatic carbocycles. The second-order valence-electron chi connectivity index (χ2n) is 4.85. The van der Waals surface area contributed by atoms with E-state index in [1.165, 1.54) is 5.56 Å². The first-order valence-electron chi connectivity index (χ1n) is 6.90. The van der Waals surface area contributed by atoms with E-state index in [0.717, 1.165) is 37.6 Å². The summed E-state index contributed by atoms with van der Waals surface area (Å²) < 4.78 is 0. The standard InChI is InChI=1S/C15H21N5/c1-3-6-17-15-10-18-14(9-19-15)12-20(2)11-13-4-7-16-8-5-13/h4-5,7-10H,3,6,11-12H2,1-2H3,(H,17,19). The summed E-state index contributed by atoms with van der Waals surface area (Å²) in [5.41, 5.74) is 2.22. The molecule has 0 bridgehead atoms. The Morgan fingerprint density at radius 1 is 1.10 bits per heavy atom. The molecule has 2 aromatic heterocycles. The summed E-state index contributed by atoms with van der Waals surface area (Å²) in [5, 5.41) is 3.22. The molecule has 20 heavy (non-hydrogen) atoms. The minimum absolute atomic E-state index is 0.781. The highest BCUT2D eigenvalue weighted by molar-refractivity contribution is 5.30. The maximum Gasteiger partial charge on any atom is 0.144 e. The highest BCUT2D eigenvalue weighted by Gasteiger charge is 2.03. The third-order valence-electron chi connectivity index (χ3n) is 2.90. The van der Waals surface area contributed by atoms with Crippen LogP contribution in [0.1, 0.15) is 24.6 Å². The minimum Gasteiger partial charge on any atom is -0.369 e. The second kappa shape index (κ2) is 7.55. The molecule has 0 amide bonds. The van der Waals surface area contributed by atoms with Gasteiger partial charge in [0.25, 0.3) is 0 Å². The molecule has 2 heterocycles. The average Bonchev–Trinajstić information content (AvgIpc) is 2.47. The molecule has 0 aliphatic carbocycles. The van der Waals surface area contributed by atoms with Crippen molar-refractivity contribution in [2.75, 3.05) is 18.9 Å². The Balaban J connectivity index is 1.86. The molecule has 0 radical (unpaired) electrons. The van der Waals surface area contributed by atoms with Crippen LogP contribution >= 0.6 is 0 Å². The van der Waals surface area contributed by atoms with Crippen molar-refractivity contribution in [3.05, 3.63) is 48.2 Å². The molecule has 0 aliphatic heterocycles. The van der Waals surface area contributed by atoms with Gasteiger partial charge in [0.1, 0.15) is 5.82 Å². The van der Waals surface area contributed by atoms with Gasteiger partial charge in [-0.05, 0) is 31.2 Å². The van der Waals surface area contributed by atoms with Crippen molar-refractivity contribution in [2.45, 2.75) is 26.4 Å². The maximum atomic E-state index is 4.43. The smallest absolute Gasteiger partial charge is 0.144 e. The lowest BCUT2D eigenvalue weighted by Crippen LogP contribution is -2.18. The molecule has 1 N–H and O–H groups in total. The summed E-state index contributed by atoms with van der Waals surface area (Å²) in [6.45, 7) is 4.71. The topological polar surface area (TPSA) is 53.9 Å². The predicted octanol–water partition coefficient (Wildman–Crippen LogP) is 2.33. The van der Waals surface area contributed by atoms with E-state index < -0.39 is 0 Å². The summed E-state index contributed by atoms with van der Waals surface area (Å²) in [4.78, 5) is 15.0. The van der Waals surface area contributed by atoms with Crippen LogP contribution in [0, 0.1) is 0 Å². The van der Waals surface area contributed by atoms with Crippen LogP contribution in [0.4, 0.5) is 5.82 Å². The third-order valence-corrected chi connectivity index (χ3v) is 2.90. The Labute approximate surface area is 120 Å². The van der Waals surface area contributed by atoms with Gasteiger partial charge in [-0.1, -0.05) is 6.92 Å². The van der Waals surface area contributed by atoms with Crippen molar-refractivity contribution >= 4 is 5.82 Å². The molecule has 5 nitrogen and oxygen atoms in total. The fraction of sp³-hybridized carbons (Fsp3) is 0.400. The predicted molar refractivity (Wildman–Crippen MR) is 80.2 cm³/mol. The molecular formula is C15H21N5. The Hall–Kier alpha value is -2.01. The zero-order valence-corrected chi connectivity index (χ0v) is 12.1. The van der Waals surface area contributed by atoms with Crippen molar-refractivity contribution < 1.29 is 0 Å². The molecule has 0 atom stereocenters. The van der Waals surface area contributed by atoms with Gasteiger partial charge in [0, 0.05) is 32.0 Å². The van der Waals surface area contributed by atoms with Gasteiger partial charge < -0.3 is 5.32 Å². The molecule has 2 aromatic rings. The van der Waals surface area contributed by atoms with Crippen LogP contribution in [0.3, 0.4) is 0 Å². The lowest BCUT2D eigenvalue weighted by molar-refractivity contribution is 0.314. The molecule has 106 valence electrons. The molecule has 2 rings (SSSR count). The molecule has 0 fully saturated rings. The van der Waals surface area contributed by atoms with Gasteiger partial charge in [-0.2, -0.15) is 0 Å². The lowest BCUT2D eigenvalue weighted by Gasteiger charge is -2.16. The number of pyridine rings is 1. The number of nitrogens with zero attached hydrogens (tertiary/aromatic N) is 4. The molecular weight excluding hydrogens is 250 g/mol. The highest BCUT2D eigenvalue weighted by Crippen LogP contribution is 2.06. The van der Waals surface area contributed by atoms with E-state index in [1.807, 2.05) is 30.7 Å². The third kappa shape index (κ3) is 4.59. The van der Waals surface area contributed by atoms with Crippen LogP contribution in [-0.4, -0.2) is 33.4 Å². The SMILES string of the molecule is CCCNc1cnc(CN(C)Cc2ccncc2)cn1. The van der Waals surface area contributed by atoms with Gasteiger partial charge in [-0.15, -0.1) is 0 Å². The van der Waals surface area contributed by atoms with Crippen molar-refractivity contribution in [2.24, 2.45) is 0 Å². The Kier molecular flexibility index (Phi) is 5.43. The van der Waals surface area contributed by atoms with Crippen LogP contribution < -0.4 is 5.32 Å². The zero-order valence-electron chi connectivity index (χ0n) is 12.1. The van der Waals surface area contributed by atoms with E-state index in [1.54, 1.807) is 6.20 Å². The quantitative estimate of drug-likeness (QED) is 0.837. The van der Waals surface area contributed by atoms with Gasteiger partial charge in [-0.25, -0.2) is 4.98 Å². The van der Waals surface area contributed by atoms with Crippen LogP contribution in [-0.2, 0) is 13.1 Å². The van der Waals surface area contributed by atoms with E-state index in [-0.39, 0.29) is 0 Å². The fourth-order valence-electron chi connectivity index (χ4n) is 1.91. The van der Waals surface area contributed by atoms with E-state index in [2.05, 4.69) is 39.1 Å². The highest BCUT2D eigenvalue weighted by atomic mass is 15.1. The number of aromatic nitrogens is 3. The van der Waals surface area contributed by atoms with Crippen LogP contribution in [0.25, 0.3) is 0 Å². The first kappa shape index (κ1) is 14.4. The first-order chi connectivity index (χ1) is 9.78. The number of hydrogen-bond donors (Lipinski definition) is 1. The summed E-state index contributed by atoms with van der Waals surface area (Å²) in [5.74, 6) is 0.840. The maximum absolute atomic E-state index is 4.43. The summed E-state index contributed by atoms with van der Waals surface area (Å²) in [7, 11) is 2.07. The normalized spacial score (nSPS) is 10.8. The average molecular weight is 271 g/mol. The van der Waals surface area contributed by atoms with Gasteiger partial charge >= 0.3 is 0 Å². The first-order valence-corrected chi connectivity index (χ1v) is 6.90. The largest absolute Gasteiger partial charge is 0.369 e. The van der Waals surface area contributed by atoms with Gasteiger partial charge in [0.15, 0.2) is 0 Å². The molecule has 0 aliphatic rings. The van der Waals surface area contributed by atoms with Crippen molar-refractivity contribution in [1.29, 1.82) is 0 Å². The molecule has 5 heteroatoms. The number of hydrogen-bond acceptors (Lipinski definition) is 5. The van der Waals surface area contributed by atoms with Gasteiger partial charge in [0.05, 0.1) is 18.1 Å².